The van der Waals surface area contributed by atoms with Gasteiger partial charge in [0.05, 0.1) is 5.54 Å². The molecule has 1 saturated heterocycles. The van der Waals surface area contributed by atoms with Gasteiger partial charge in [-0.15, -0.1) is 0 Å². The number of allylic oxidation sites excluding steroid dienone is 1. The molecule has 2 nitrogen and oxygen atoms in total. The molecule has 0 unspecified atom stereocenters. The monoisotopic (exact) mass is 208 g/mol. The van der Waals surface area contributed by atoms with Crippen LogP contribution >= 0.6 is 0 Å². The Bertz CT molecular complexity index is 255. The molecule has 1 heterocycles. The van der Waals surface area contributed by atoms with Gasteiger partial charge in [-0.1, -0.05) is 25.3 Å². The van der Waals surface area contributed by atoms with Crippen LogP contribution in [0.3, 0.4) is 0 Å². The molecule has 0 radical (unpaired) electrons. The van der Waals surface area contributed by atoms with Crippen molar-refractivity contribution in [1.82, 2.24) is 10.6 Å². The second-order valence-corrected chi connectivity index (χ2v) is 5.47. The largest absolute Gasteiger partial charge is 0.383 e. The van der Waals surface area contributed by atoms with E-state index in [1.54, 1.807) is 0 Å². The Hall–Kier alpha value is -0.500. The van der Waals surface area contributed by atoms with Gasteiger partial charge in [-0.2, -0.15) is 0 Å². The molecule has 2 heteroatoms. The molecule has 1 aliphatic carbocycles. The third-order valence-corrected chi connectivity index (χ3v) is 3.87. The Kier molecular flexibility index (Phi) is 3.06. The van der Waals surface area contributed by atoms with Gasteiger partial charge in [0.15, 0.2) is 0 Å². The summed E-state index contributed by atoms with van der Waals surface area (Å²) < 4.78 is 0. The first-order valence-corrected chi connectivity index (χ1v) is 6.34. The molecule has 1 aliphatic heterocycles. The topological polar surface area (TPSA) is 24.1 Å². The SMILES string of the molecule is CC=C1N[C@H]2CCCCC[C@@H]2NC1(C)C. The highest BCUT2D eigenvalue weighted by atomic mass is 15.2. The second-order valence-electron chi connectivity index (χ2n) is 5.47. The fourth-order valence-electron chi connectivity index (χ4n) is 3.02. The summed E-state index contributed by atoms with van der Waals surface area (Å²) in [5.41, 5.74) is 1.49. The van der Waals surface area contributed by atoms with Crippen LogP contribution < -0.4 is 10.6 Å². The summed E-state index contributed by atoms with van der Waals surface area (Å²) in [4.78, 5) is 0. The number of hydrogen-bond donors (Lipinski definition) is 2. The van der Waals surface area contributed by atoms with E-state index in [9.17, 15) is 0 Å². The van der Waals surface area contributed by atoms with Gasteiger partial charge in [0, 0.05) is 17.8 Å². The fourth-order valence-corrected chi connectivity index (χ4v) is 3.02. The summed E-state index contributed by atoms with van der Waals surface area (Å²) in [6.07, 6.45) is 9.05. The number of piperazine rings is 1. The fraction of sp³-hybridized carbons (Fsp3) is 0.846. The zero-order valence-electron chi connectivity index (χ0n) is 10.3. The number of rotatable bonds is 0. The van der Waals surface area contributed by atoms with E-state index < -0.39 is 0 Å². The minimum absolute atomic E-state index is 0.125. The van der Waals surface area contributed by atoms with Gasteiger partial charge in [0.1, 0.15) is 0 Å². The van der Waals surface area contributed by atoms with Gasteiger partial charge in [-0.25, -0.2) is 0 Å². The zero-order chi connectivity index (χ0) is 10.9. The van der Waals surface area contributed by atoms with Crippen molar-refractivity contribution in [2.45, 2.75) is 70.5 Å². The van der Waals surface area contributed by atoms with Gasteiger partial charge < -0.3 is 10.6 Å². The van der Waals surface area contributed by atoms with Crippen LogP contribution in [0.5, 0.6) is 0 Å². The Morgan fingerprint density at radius 2 is 1.80 bits per heavy atom. The predicted octanol–water partition coefficient (Wildman–Crippen LogP) is 2.56. The van der Waals surface area contributed by atoms with Crippen molar-refractivity contribution in [2.75, 3.05) is 0 Å². The van der Waals surface area contributed by atoms with E-state index in [0.717, 1.165) is 0 Å². The van der Waals surface area contributed by atoms with Crippen LogP contribution in [-0.4, -0.2) is 17.6 Å². The Labute approximate surface area is 93.5 Å². The van der Waals surface area contributed by atoms with Crippen molar-refractivity contribution in [3.8, 4) is 0 Å². The van der Waals surface area contributed by atoms with Crippen LogP contribution in [0, 0.1) is 0 Å². The maximum Gasteiger partial charge on any atom is 0.0525 e. The van der Waals surface area contributed by atoms with Gasteiger partial charge in [0.2, 0.25) is 0 Å². The van der Waals surface area contributed by atoms with Crippen LogP contribution in [0.2, 0.25) is 0 Å². The van der Waals surface area contributed by atoms with Gasteiger partial charge in [0.25, 0.3) is 0 Å². The molecule has 0 bridgehead atoms. The van der Waals surface area contributed by atoms with E-state index in [4.69, 9.17) is 0 Å². The van der Waals surface area contributed by atoms with E-state index in [1.807, 2.05) is 0 Å². The molecule has 2 atom stereocenters. The van der Waals surface area contributed by atoms with E-state index >= 15 is 0 Å². The number of fused-ring (bicyclic) bond motifs is 1. The molecule has 2 aliphatic rings. The molecule has 0 aromatic carbocycles. The lowest BCUT2D eigenvalue weighted by Gasteiger charge is -2.45. The van der Waals surface area contributed by atoms with Gasteiger partial charge in [-0.3, -0.25) is 0 Å². The van der Waals surface area contributed by atoms with Crippen LogP contribution in [0.4, 0.5) is 0 Å². The van der Waals surface area contributed by atoms with Gasteiger partial charge >= 0.3 is 0 Å². The van der Waals surface area contributed by atoms with Gasteiger partial charge in [-0.05, 0) is 33.6 Å². The van der Waals surface area contributed by atoms with E-state index in [2.05, 4.69) is 37.5 Å². The summed E-state index contributed by atoms with van der Waals surface area (Å²) in [6.45, 7) is 6.68. The van der Waals surface area contributed by atoms with Crippen molar-refractivity contribution in [3.63, 3.8) is 0 Å². The van der Waals surface area contributed by atoms with Crippen molar-refractivity contribution >= 4 is 0 Å². The summed E-state index contributed by atoms with van der Waals surface area (Å²) in [5.74, 6) is 0. The molecule has 0 aromatic rings. The minimum Gasteiger partial charge on any atom is -0.383 e. The summed E-state index contributed by atoms with van der Waals surface area (Å²) in [5, 5.41) is 7.54. The van der Waals surface area contributed by atoms with Crippen LogP contribution in [-0.2, 0) is 0 Å². The zero-order valence-corrected chi connectivity index (χ0v) is 10.3. The first-order chi connectivity index (χ1) is 7.13. The highest BCUT2D eigenvalue weighted by Gasteiger charge is 2.36. The third-order valence-electron chi connectivity index (χ3n) is 3.87. The molecule has 86 valence electrons. The normalized spacial score (nSPS) is 37.9. The molecule has 0 aromatic heterocycles. The summed E-state index contributed by atoms with van der Waals surface area (Å²) in [7, 11) is 0. The molecule has 0 spiro atoms. The molecule has 15 heavy (non-hydrogen) atoms. The molecular weight excluding hydrogens is 184 g/mol. The van der Waals surface area contributed by atoms with Crippen LogP contribution in [0.15, 0.2) is 11.8 Å². The Morgan fingerprint density at radius 3 is 2.47 bits per heavy atom. The molecule has 0 amide bonds. The first kappa shape index (κ1) is 11.0. The smallest absolute Gasteiger partial charge is 0.0525 e. The second kappa shape index (κ2) is 4.17. The van der Waals surface area contributed by atoms with Crippen molar-refractivity contribution < 1.29 is 0 Å². The maximum absolute atomic E-state index is 3.80. The third kappa shape index (κ3) is 2.20. The lowest BCUT2D eigenvalue weighted by Crippen LogP contribution is -2.63. The average Bonchev–Trinajstić information content (AvgIpc) is 2.39. The minimum atomic E-state index is 0.125. The number of hydrogen-bond acceptors (Lipinski definition) is 2. The molecule has 2 N–H and O–H groups in total. The lowest BCUT2D eigenvalue weighted by molar-refractivity contribution is 0.241. The number of nitrogens with one attached hydrogen (secondary N) is 2. The van der Waals surface area contributed by atoms with Crippen molar-refractivity contribution in [1.29, 1.82) is 0 Å². The van der Waals surface area contributed by atoms with Crippen molar-refractivity contribution in [3.05, 3.63) is 11.8 Å². The van der Waals surface area contributed by atoms with Crippen LogP contribution in [0.1, 0.15) is 52.9 Å². The Balaban J connectivity index is 2.14. The predicted molar refractivity (Wildman–Crippen MR) is 64.8 cm³/mol. The molecule has 2 fully saturated rings. The Morgan fingerprint density at radius 1 is 1.13 bits per heavy atom. The van der Waals surface area contributed by atoms with E-state index in [0.29, 0.717) is 12.1 Å². The molecular formula is C13H24N2. The summed E-state index contributed by atoms with van der Waals surface area (Å²) >= 11 is 0. The van der Waals surface area contributed by atoms with E-state index in [-0.39, 0.29) is 5.54 Å². The van der Waals surface area contributed by atoms with Crippen molar-refractivity contribution in [2.24, 2.45) is 0 Å². The highest BCUT2D eigenvalue weighted by molar-refractivity contribution is 5.20. The molecule has 1 saturated carbocycles. The first-order valence-electron chi connectivity index (χ1n) is 6.34. The van der Waals surface area contributed by atoms with E-state index in [1.165, 1.54) is 37.8 Å². The molecule has 2 rings (SSSR count). The lowest BCUT2D eigenvalue weighted by atomic mass is 9.89. The average molecular weight is 208 g/mol. The van der Waals surface area contributed by atoms with Crippen LogP contribution in [0.25, 0.3) is 0 Å². The quantitative estimate of drug-likeness (QED) is 0.639. The maximum atomic E-state index is 3.80. The highest BCUT2D eigenvalue weighted by Crippen LogP contribution is 2.28. The standard InChI is InChI=1S/C13H24N2/c1-4-12-13(2,3)15-11-9-7-5-6-8-10(11)14-12/h4,10-11,14-15H,5-9H2,1-3H3/t10-,11-/m0/s1. The summed E-state index contributed by atoms with van der Waals surface area (Å²) in [6, 6.07) is 1.33.